The Bertz CT molecular complexity index is 738. The number of nitrogens with one attached hydrogen (secondary N) is 1. The molecule has 21 heavy (non-hydrogen) atoms. The summed E-state index contributed by atoms with van der Waals surface area (Å²) in [6, 6.07) is 5.43. The second-order valence-electron chi connectivity index (χ2n) is 5.27. The smallest absolute Gasteiger partial charge is 0.259 e. The largest absolute Gasteiger partial charge is 0.495 e. The van der Waals surface area contributed by atoms with Gasteiger partial charge in [0.25, 0.3) is 5.56 Å². The van der Waals surface area contributed by atoms with Crippen LogP contribution >= 0.6 is 0 Å². The van der Waals surface area contributed by atoms with Crippen molar-refractivity contribution < 1.29 is 14.6 Å². The van der Waals surface area contributed by atoms with Crippen LogP contribution in [0.2, 0.25) is 0 Å². The molecule has 2 rings (SSSR count). The summed E-state index contributed by atoms with van der Waals surface area (Å²) >= 11 is 0. The Morgan fingerprint density at radius 1 is 1.24 bits per heavy atom. The number of ether oxygens (including phenoxy) is 2. The number of H-pyrrole nitrogens is 1. The first-order valence-corrected chi connectivity index (χ1v) is 6.56. The molecule has 0 aliphatic heterocycles. The third-order valence-corrected chi connectivity index (χ3v) is 3.08. The molecule has 0 bridgehead atoms. The van der Waals surface area contributed by atoms with E-state index in [1.54, 1.807) is 39.2 Å². The van der Waals surface area contributed by atoms with Gasteiger partial charge in [0, 0.05) is 5.39 Å². The predicted molar refractivity (Wildman–Crippen MR) is 83.0 cm³/mol. The highest BCUT2D eigenvalue weighted by molar-refractivity contribution is 5.92. The molecule has 2 aromatic rings. The second kappa shape index (κ2) is 5.61. The molecular weight excluding hydrogens is 270 g/mol. The Morgan fingerprint density at radius 2 is 1.95 bits per heavy atom. The molecule has 0 atom stereocenters. The van der Waals surface area contributed by atoms with E-state index in [1.807, 2.05) is 12.1 Å². The zero-order valence-corrected chi connectivity index (χ0v) is 12.6. The minimum atomic E-state index is -1.01. The summed E-state index contributed by atoms with van der Waals surface area (Å²) in [4.78, 5) is 15.1. The summed E-state index contributed by atoms with van der Waals surface area (Å²) in [6.07, 6.45) is 3.11. The molecule has 1 aromatic carbocycles. The fraction of sp³-hybridized carbons (Fsp3) is 0.312. The maximum absolute atomic E-state index is 12.3. The summed E-state index contributed by atoms with van der Waals surface area (Å²) in [5, 5.41) is 10.5. The zero-order valence-electron chi connectivity index (χ0n) is 12.6. The van der Waals surface area contributed by atoms with Crippen LogP contribution in [-0.2, 0) is 0 Å². The summed E-state index contributed by atoms with van der Waals surface area (Å²) in [5.74, 6) is 1.02. The van der Waals surface area contributed by atoms with Crippen LogP contribution in [0.25, 0.3) is 17.0 Å². The van der Waals surface area contributed by atoms with Gasteiger partial charge in [-0.05, 0) is 32.1 Å². The number of rotatable bonds is 4. The van der Waals surface area contributed by atoms with Gasteiger partial charge in [-0.2, -0.15) is 0 Å². The molecule has 0 fully saturated rings. The van der Waals surface area contributed by atoms with E-state index in [-0.39, 0.29) is 5.56 Å². The molecule has 0 saturated heterocycles. The highest BCUT2D eigenvalue weighted by Gasteiger charge is 2.15. The highest BCUT2D eigenvalue weighted by Crippen LogP contribution is 2.32. The molecule has 1 heterocycles. The molecule has 0 aliphatic carbocycles. The quantitative estimate of drug-likeness (QED) is 0.906. The molecule has 5 heteroatoms. The predicted octanol–water partition coefficient (Wildman–Crippen LogP) is 2.33. The first kappa shape index (κ1) is 15.1. The van der Waals surface area contributed by atoms with Gasteiger partial charge in [-0.15, -0.1) is 0 Å². The number of hydrogen-bond acceptors (Lipinski definition) is 4. The van der Waals surface area contributed by atoms with E-state index < -0.39 is 5.60 Å². The van der Waals surface area contributed by atoms with Crippen molar-refractivity contribution in [2.75, 3.05) is 14.2 Å². The normalized spacial score (nSPS) is 12.0. The van der Waals surface area contributed by atoms with Crippen LogP contribution in [-0.4, -0.2) is 29.9 Å². The molecule has 0 spiro atoms. The van der Waals surface area contributed by atoms with E-state index in [0.717, 1.165) is 5.39 Å². The summed E-state index contributed by atoms with van der Waals surface area (Å²) < 4.78 is 10.6. The van der Waals surface area contributed by atoms with Crippen molar-refractivity contribution in [1.82, 2.24) is 4.98 Å². The molecule has 0 amide bonds. The number of aromatic nitrogens is 1. The van der Waals surface area contributed by atoms with E-state index in [9.17, 15) is 9.90 Å². The number of fused-ring (bicyclic) bond motifs is 1. The van der Waals surface area contributed by atoms with Gasteiger partial charge in [0.2, 0.25) is 0 Å². The average molecular weight is 289 g/mol. The third kappa shape index (κ3) is 3.08. The lowest BCUT2D eigenvalue weighted by atomic mass is 10.1. The Morgan fingerprint density at radius 3 is 2.52 bits per heavy atom. The average Bonchev–Trinajstić information content (AvgIpc) is 2.42. The number of hydrogen-bond donors (Lipinski definition) is 2. The van der Waals surface area contributed by atoms with Crippen LogP contribution in [0.3, 0.4) is 0 Å². The maximum Gasteiger partial charge on any atom is 0.259 e. The van der Waals surface area contributed by atoms with Crippen LogP contribution in [0.15, 0.2) is 29.1 Å². The van der Waals surface area contributed by atoms with Crippen molar-refractivity contribution in [2.45, 2.75) is 19.4 Å². The molecule has 0 radical (unpaired) electrons. The van der Waals surface area contributed by atoms with Crippen LogP contribution < -0.4 is 15.0 Å². The van der Waals surface area contributed by atoms with Crippen molar-refractivity contribution in [3.63, 3.8) is 0 Å². The van der Waals surface area contributed by atoms with Gasteiger partial charge in [-0.1, -0.05) is 12.1 Å². The van der Waals surface area contributed by atoms with Crippen molar-refractivity contribution in [2.24, 2.45) is 0 Å². The van der Waals surface area contributed by atoms with Crippen LogP contribution in [0.4, 0.5) is 0 Å². The number of para-hydroxylation sites is 1. The van der Waals surface area contributed by atoms with Crippen LogP contribution in [0, 0.1) is 0 Å². The van der Waals surface area contributed by atoms with Crippen molar-refractivity contribution in [3.8, 4) is 11.5 Å². The molecule has 0 saturated carbocycles. The summed E-state index contributed by atoms with van der Waals surface area (Å²) in [6.45, 7) is 3.27. The van der Waals surface area contributed by atoms with Gasteiger partial charge < -0.3 is 19.6 Å². The van der Waals surface area contributed by atoms with Gasteiger partial charge in [0.05, 0.1) is 30.9 Å². The number of aromatic amines is 1. The Labute approximate surface area is 122 Å². The van der Waals surface area contributed by atoms with E-state index >= 15 is 0 Å². The topological polar surface area (TPSA) is 71.5 Å². The Balaban J connectivity index is 2.76. The molecule has 5 nitrogen and oxygen atoms in total. The van der Waals surface area contributed by atoms with Crippen molar-refractivity contribution >= 4 is 17.0 Å². The van der Waals surface area contributed by atoms with E-state index in [4.69, 9.17) is 9.47 Å². The molecule has 0 unspecified atom stereocenters. The highest BCUT2D eigenvalue weighted by atomic mass is 16.5. The minimum absolute atomic E-state index is 0.302. The lowest BCUT2D eigenvalue weighted by Crippen LogP contribution is -2.16. The number of aliphatic hydroxyl groups is 1. The van der Waals surface area contributed by atoms with Gasteiger partial charge in [0.1, 0.15) is 11.5 Å². The Kier molecular flexibility index (Phi) is 4.04. The number of methoxy groups -OCH3 is 2. The van der Waals surface area contributed by atoms with E-state index in [0.29, 0.717) is 22.6 Å². The minimum Gasteiger partial charge on any atom is -0.495 e. The lowest BCUT2D eigenvalue weighted by molar-refractivity contribution is 0.134. The van der Waals surface area contributed by atoms with Gasteiger partial charge in [-0.25, -0.2) is 0 Å². The third-order valence-electron chi connectivity index (χ3n) is 3.08. The number of benzene rings is 1. The monoisotopic (exact) mass is 289 g/mol. The fourth-order valence-corrected chi connectivity index (χ4v) is 2.11. The second-order valence-corrected chi connectivity index (χ2v) is 5.27. The van der Waals surface area contributed by atoms with Crippen LogP contribution in [0.1, 0.15) is 19.4 Å². The summed E-state index contributed by atoms with van der Waals surface area (Å²) in [5.41, 5.74) is -0.368. The molecule has 0 aliphatic rings. The molecule has 1 aromatic heterocycles. The first-order chi connectivity index (χ1) is 9.87. The lowest BCUT2D eigenvalue weighted by Gasteiger charge is -2.13. The fourth-order valence-electron chi connectivity index (χ4n) is 2.11. The standard InChI is InChI=1S/C16H19NO4/c1-16(2,19)9-8-11-14(21-4)10-6-5-7-12(20-3)13(10)17-15(11)18/h5-9,19H,1-4H3,(H,17,18)/b9-8+. The SMILES string of the molecule is COc1c(/C=C/C(C)(C)O)c(=O)[nH]c2c(OC)cccc12. The number of pyridine rings is 1. The Hall–Kier alpha value is -2.27. The van der Waals surface area contributed by atoms with E-state index in [1.165, 1.54) is 7.11 Å². The first-order valence-electron chi connectivity index (χ1n) is 6.56. The summed E-state index contributed by atoms with van der Waals surface area (Å²) in [7, 11) is 3.05. The van der Waals surface area contributed by atoms with Crippen molar-refractivity contribution in [3.05, 3.63) is 40.2 Å². The van der Waals surface area contributed by atoms with Crippen molar-refractivity contribution in [1.29, 1.82) is 0 Å². The maximum atomic E-state index is 12.3. The zero-order chi connectivity index (χ0) is 15.6. The van der Waals surface area contributed by atoms with Crippen LogP contribution in [0.5, 0.6) is 11.5 Å². The molecule has 112 valence electrons. The van der Waals surface area contributed by atoms with Gasteiger partial charge in [0.15, 0.2) is 0 Å². The van der Waals surface area contributed by atoms with E-state index in [2.05, 4.69) is 4.98 Å². The van der Waals surface area contributed by atoms with Gasteiger partial charge in [-0.3, -0.25) is 4.79 Å². The molecule has 2 N–H and O–H groups in total. The van der Waals surface area contributed by atoms with Gasteiger partial charge >= 0.3 is 0 Å². The molecular formula is C16H19NO4.